The van der Waals surface area contributed by atoms with Gasteiger partial charge in [-0.15, -0.1) is 0 Å². The lowest BCUT2D eigenvalue weighted by Gasteiger charge is -2.26. The number of rotatable bonds is 2. The van der Waals surface area contributed by atoms with Gasteiger partial charge in [-0.1, -0.05) is 0 Å². The molecule has 0 radical (unpaired) electrons. The summed E-state index contributed by atoms with van der Waals surface area (Å²) in [6, 6.07) is 0. The van der Waals surface area contributed by atoms with Crippen LogP contribution in [0.4, 0.5) is 5.95 Å². The van der Waals surface area contributed by atoms with Gasteiger partial charge in [0, 0.05) is 13.1 Å². The van der Waals surface area contributed by atoms with Crippen molar-refractivity contribution in [1.82, 2.24) is 9.97 Å². The highest BCUT2D eigenvalue weighted by Gasteiger charge is 2.18. The van der Waals surface area contributed by atoms with Crippen LogP contribution in [0.1, 0.15) is 10.5 Å². The molecule has 1 aliphatic rings. The van der Waals surface area contributed by atoms with Gasteiger partial charge in [0.05, 0.1) is 19.4 Å². The molecule has 0 spiro atoms. The Labute approximate surface area is 91.3 Å². The van der Waals surface area contributed by atoms with Crippen LogP contribution in [0.5, 0.6) is 5.75 Å². The lowest BCUT2D eigenvalue weighted by Crippen LogP contribution is -2.37. The Morgan fingerprint density at radius 2 is 2.12 bits per heavy atom. The fourth-order valence-electron chi connectivity index (χ4n) is 1.44. The van der Waals surface area contributed by atoms with Gasteiger partial charge in [0.25, 0.3) is 0 Å². The first-order chi connectivity index (χ1) is 7.68. The minimum absolute atomic E-state index is 0.304. The van der Waals surface area contributed by atoms with Crippen LogP contribution in [-0.2, 0) is 4.74 Å². The number of nitrogens with zero attached hydrogens (tertiary/aromatic N) is 3. The number of ether oxygens (including phenoxy) is 1. The molecule has 1 aliphatic heterocycles. The molecule has 0 saturated carbocycles. The molecule has 1 aromatic heterocycles. The zero-order valence-electron chi connectivity index (χ0n) is 8.46. The summed E-state index contributed by atoms with van der Waals surface area (Å²) in [5.41, 5.74) is -0.378. The molecule has 2 N–H and O–H groups in total. The standard InChI is InChI=1S/C9H11N3O4/c13-6-5-10-9(11-7(6)8(14)15)12-1-3-16-4-2-12/h5,13H,1-4H2,(H,14,15). The Balaban J connectivity index is 2.27. The summed E-state index contributed by atoms with van der Waals surface area (Å²) in [6.07, 6.45) is 1.10. The molecular weight excluding hydrogens is 214 g/mol. The highest BCUT2D eigenvalue weighted by Crippen LogP contribution is 2.17. The van der Waals surface area contributed by atoms with Crippen molar-refractivity contribution >= 4 is 11.9 Å². The van der Waals surface area contributed by atoms with Crippen molar-refractivity contribution in [2.75, 3.05) is 31.2 Å². The quantitative estimate of drug-likeness (QED) is 0.714. The Kier molecular flexibility index (Phi) is 2.86. The SMILES string of the molecule is O=C(O)c1nc(N2CCOCC2)ncc1O. The average molecular weight is 225 g/mol. The van der Waals surface area contributed by atoms with Gasteiger partial charge in [-0.25, -0.2) is 14.8 Å². The number of hydrogen-bond donors (Lipinski definition) is 2. The first-order valence-electron chi connectivity index (χ1n) is 4.80. The third kappa shape index (κ3) is 2.03. The first kappa shape index (κ1) is 10.6. The Morgan fingerprint density at radius 3 is 2.75 bits per heavy atom. The van der Waals surface area contributed by atoms with Gasteiger partial charge < -0.3 is 19.8 Å². The van der Waals surface area contributed by atoms with E-state index in [0.29, 0.717) is 32.3 Å². The molecule has 1 saturated heterocycles. The molecule has 2 heterocycles. The summed E-state index contributed by atoms with van der Waals surface area (Å²) in [5.74, 6) is -1.39. The molecule has 0 amide bonds. The van der Waals surface area contributed by atoms with Crippen molar-refractivity contribution in [3.05, 3.63) is 11.9 Å². The van der Waals surface area contributed by atoms with Crippen LogP contribution < -0.4 is 4.90 Å². The second-order valence-electron chi connectivity index (χ2n) is 3.31. The molecule has 1 aromatic rings. The molecule has 0 aliphatic carbocycles. The number of anilines is 1. The summed E-state index contributed by atoms with van der Waals surface area (Å²) < 4.78 is 5.16. The van der Waals surface area contributed by atoms with Crippen LogP contribution >= 0.6 is 0 Å². The molecule has 7 nitrogen and oxygen atoms in total. The van der Waals surface area contributed by atoms with E-state index in [1.165, 1.54) is 0 Å². The predicted molar refractivity (Wildman–Crippen MR) is 53.7 cm³/mol. The van der Waals surface area contributed by atoms with Crippen LogP contribution in [0, 0.1) is 0 Å². The molecule has 0 aromatic carbocycles. The lowest BCUT2D eigenvalue weighted by molar-refractivity contribution is 0.0686. The van der Waals surface area contributed by atoms with Crippen molar-refractivity contribution in [1.29, 1.82) is 0 Å². The van der Waals surface area contributed by atoms with Gasteiger partial charge >= 0.3 is 5.97 Å². The van der Waals surface area contributed by atoms with E-state index in [1.54, 1.807) is 0 Å². The van der Waals surface area contributed by atoms with Crippen LogP contribution in [0.25, 0.3) is 0 Å². The average Bonchev–Trinajstić information content (AvgIpc) is 2.30. The number of carboxylic acids is 1. The van der Waals surface area contributed by atoms with E-state index in [9.17, 15) is 9.90 Å². The van der Waals surface area contributed by atoms with E-state index >= 15 is 0 Å². The van der Waals surface area contributed by atoms with Gasteiger partial charge in [0.1, 0.15) is 0 Å². The minimum atomic E-state index is -1.27. The topological polar surface area (TPSA) is 95.8 Å². The van der Waals surface area contributed by atoms with Gasteiger partial charge in [-0.3, -0.25) is 0 Å². The van der Waals surface area contributed by atoms with E-state index in [-0.39, 0.29) is 5.69 Å². The van der Waals surface area contributed by atoms with Crippen molar-refractivity contribution in [2.24, 2.45) is 0 Å². The van der Waals surface area contributed by atoms with Crippen molar-refractivity contribution in [3.8, 4) is 5.75 Å². The normalized spacial score (nSPS) is 16.1. The first-order valence-corrected chi connectivity index (χ1v) is 4.80. The fourth-order valence-corrected chi connectivity index (χ4v) is 1.44. The third-order valence-corrected chi connectivity index (χ3v) is 2.25. The zero-order valence-corrected chi connectivity index (χ0v) is 8.46. The van der Waals surface area contributed by atoms with Gasteiger partial charge in [0.15, 0.2) is 11.4 Å². The third-order valence-electron chi connectivity index (χ3n) is 2.25. The summed E-state index contributed by atoms with van der Waals surface area (Å²) in [4.78, 5) is 20.3. The lowest BCUT2D eigenvalue weighted by atomic mass is 10.3. The highest BCUT2D eigenvalue weighted by atomic mass is 16.5. The largest absolute Gasteiger partial charge is 0.504 e. The molecule has 16 heavy (non-hydrogen) atoms. The number of aromatic carboxylic acids is 1. The molecule has 7 heteroatoms. The Morgan fingerprint density at radius 1 is 1.44 bits per heavy atom. The fraction of sp³-hybridized carbons (Fsp3) is 0.444. The van der Waals surface area contributed by atoms with E-state index in [1.807, 2.05) is 4.90 Å². The van der Waals surface area contributed by atoms with E-state index in [4.69, 9.17) is 9.84 Å². The molecular formula is C9H11N3O4. The van der Waals surface area contributed by atoms with Crippen molar-refractivity contribution in [3.63, 3.8) is 0 Å². The summed E-state index contributed by atoms with van der Waals surface area (Å²) >= 11 is 0. The molecule has 0 atom stereocenters. The van der Waals surface area contributed by atoms with Crippen molar-refractivity contribution < 1.29 is 19.7 Å². The molecule has 1 fully saturated rings. The number of aromatic hydroxyl groups is 1. The van der Waals surface area contributed by atoms with E-state index in [2.05, 4.69) is 9.97 Å². The van der Waals surface area contributed by atoms with Crippen LogP contribution in [0.15, 0.2) is 6.20 Å². The molecule has 0 bridgehead atoms. The van der Waals surface area contributed by atoms with Gasteiger partial charge in [-0.05, 0) is 0 Å². The maximum absolute atomic E-state index is 10.8. The second-order valence-corrected chi connectivity index (χ2v) is 3.31. The van der Waals surface area contributed by atoms with Crippen LogP contribution in [0.2, 0.25) is 0 Å². The van der Waals surface area contributed by atoms with Crippen LogP contribution in [0.3, 0.4) is 0 Å². The van der Waals surface area contributed by atoms with Crippen molar-refractivity contribution in [2.45, 2.75) is 0 Å². The Bertz CT molecular complexity index is 404. The predicted octanol–water partition coefficient (Wildman–Crippen LogP) is -0.283. The highest BCUT2D eigenvalue weighted by molar-refractivity contribution is 5.88. The molecule has 2 rings (SSSR count). The zero-order chi connectivity index (χ0) is 11.5. The number of aromatic nitrogens is 2. The number of carbonyl (C=O) groups is 1. The smallest absolute Gasteiger partial charge is 0.358 e. The summed E-state index contributed by atoms with van der Waals surface area (Å²) in [6.45, 7) is 2.35. The van der Waals surface area contributed by atoms with E-state index < -0.39 is 11.7 Å². The second kappa shape index (κ2) is 4.31. The number of morpholine rings is 1. The molecule has 86 valence electrons. The maximum Gasteiger partial charge on any atom is 0.358 e. The minimum Gasteiger partial charge on any atom is -0.504 e. The van der Waals surface area contributed by atoms with Crippen LogP contribution in [-0.4, -0.2) is 52.5 Å². The summed E-state index contributed by atoms with van der Waals surface area (Å²) in [7, 11) is 0. The summed E-state index contributed by atoms with van der Waals surface area (Å²) in [5, 5.41) is 18.0. The monoisotopic (exact) mass is 225 g/mol. The number of hydrogen-bond acceptors (Lipinski definition) is 6. The maximum atomic E-state index is 10.8. The van der Waals surface area contributed by atoms with Gasteiger partial charge in [0.2, 0.25) is 5.95 Å². The number of carboxylic acid groups (broad SMARTS) is 1. The van der Waals surface area contributed by atoms with E-state index in [0.717, 1.165) is 6.20 Å². The molecule has 0 unspecified atom stereocenters. The van der Waals surface area contributed by atoms with Gasteiger partial charge in [-0.2, -0.15) is 0 Å². The Hall–Kier alpha value is -1.89.